The van der Waals surface area contributed by atoms with Crippen molar-refractivity contribution in [1.82, 2.24) is 15.2 Å². The maximum absolute atomic E-state index is 14.6. The minimum Gasteiger partial charge on any atom is -0.497 e. The number of benzene rings is 1. The van der Waals surface area contributed by atoms with Gasteiger partial charge in [0.05, 0.1) is 36.9 Å². The number of likely N-dealkylation sites (tertiary alicyclic amines) is 1. The average molecular weight is 750 g/mol. The Hall–Kier alpha value is -4.26. The first-order chi connectivity index (χ1) is 25.1. The second-order valence-electron chi connectivity index (χ2n) is 16.0. The van der Waals surface area contributed by atoms with E-state index in [-0.39, 0.29) is 31.9 Å². The zero-order valence-electron chi connectivity index (χ0n) is 31.0. The summed E-state index contributed by atoms with van der Waals surface area (Å²) in [7, 11) is -2.04. The molecule has 6 rings (SSSR count). The standard InChI is InChI=1S/C40H51N3O9S/c1-6-26-22-40(26,35(44)24-53(48,49)31-15-16-31)42-37(46)34-20-30(51-29-17-18-41-33(19-29)25-11-13-27(50-5)14-12-25)23-43(34)38(47)32(39(2,3)4)21-36(45)52-28-9-7-8-10-28/h6,11-14,17-19,26,28,30-32,34H,1,7-10,15-16,20-24H2,2-5H3,(H,42,46)/t26-,30-,32-,34+,40-/m1/s1. The summed E-state index contributed by atoms with van der Waals surface area (Å²) >= 11 is 0. The number of sulfone groups is 1. The summed E-state index contributed by atoms with van der Waals surface area (Å²) in [5.74, 6) is -2.71. The minimum absolute atomic E-state index is 0.0449. The first-order valence-corrected chi connectivity index (χ1v) is 20.3. The Kier molecular flexibility index (Phi) is 11.1. The van der Waals surface area contributed by atoms with Crippen molar-refractivity contribution in [2.75, 3.05) is 19.4 Å². The first kappa shape index (κ1) is 38.5. The normalized spacial score (nSPS) is 25.0. The van der Waals surface area contributed by atoms with E-state index in [1.807, 2.05) is 45.0 Å². The Labute approximate surface area is 312 Å². The van der Waals surface area contributed by atoms with Gasteiger partial charge in [0.2, 0.25) is 11.8 Å². The van der Waals surface area contributed by atoms with E-state index in [1.54, 1.807) is 31.5 Å². The smallest absolute Gasteiger partial charge is 0.306 e. The fourth-order valence-corrected chi connectivity index (χ4v) is 9.32. The quantitative estimate of drug-likeness (QED) is 0.197. The van der Waals surface area contributed by atoms with Crippen molar-refractivity contribution in [2.45, 2.75) is 108 Å². The maximum Gasteiger partial charge on any atom is 0.306 e. The van der Waals surface area contributed by atoms with Crippen LogP contribution in [0.3, 0.4) is 0 Å². The van der Waals surface area contributed by atoms with Crippen LogP contribution in [0.2, 0.25) is 0 Å². The third-order valence-electron chi connectivity index (χ3n) is 11.1. The van der Waals surface area contributed by atoms with E-state index in [4.69, 9.17) is 14.2 Å². The van der Waals surface area contributed by atoms with Crippen LogP contribution in [0.25, 0.3) is 11.3 Å². The van der Waals surface area contributed by atoms with Crippen molar-refractivity contribution < 1.29 is 41.8 Å². The summed E-state index contributed by atoms with van der Waals surface area (Å²) in [6.45, 7) is 9.49. The van der Waals surface area contributed by atoms with Crippen molar-refractivity contribution in [3.63, 3.8) is 0 Å². The Morgan fingerprint density at radius 3 is 2.34 bits per heavy atom. The number of pyridine rings is 1. The number of ether oxygens (including phenoxy) is 3. The fourth-order valence-electron chi connectivity index (χ4n) is 7.61. The first-order valence-electron chi connectivity index (χ1n) is 18.6. The van der Waals surface area contributed by atoms with Crippen LogP contribution >= 0.6 is 0 Å². The number of Topliss-reactive ketones (excluding diaryl/α,β-unsaturated/α-hetero) is 1. The number of esters is 1. The zero-order chi connectivity index (χ0) is 38.1. The van der Waals surface area contributed by atoms with Gasteiger partial charge in [-0.25, -0.2) is 8.42 Å². The van der Waals surface area contributed by atoms with E-state index in [2.05, 4.69) is 16.9 Å². The second-order valence-corrected chi connectivity index (χ2v) is 18.3. The number of nitrogens with zero attached hydrogens (tertiary/aromatic N) is 2. The van der Waals surface area contributed by atoms with Crippen LogP contribution in [-0.2, 0) is 33.8 Å². The lowest BCUT2D eigenvalue weighted by molar-refractivity contribution is -0.156. The van der Waals surface area contributed by atoms with Crippen LogP contribution in [0.5, 0.6) is 11.5 Å². The van der Waals surface area contributed by atoms with Gasteiger partial charge in [-0.3, -0.25) is 24.2 Å². The molecule has 0 unspecified atom stereocenters. The maximum atomic E-state index is 14.6. The second kappa shape index (κ2) is 15.2. The number of carbonyl (C=O) groups excluding carboxylic acids is 4. The van der Waals surface area contributed by atoms with Crippen LogP contribution in [-0.4, -0.2) is 90.3 Å². The number of carbonyl (C=O) groups is 4. The van der Waals surface area contributed by atoms with Gasteiger partial charge in [0.25, 0.3) is 0 Å². The van der Waals surface area contributed by atoms with Gasteiger partial charge in [-0.15, -0.1) is 6.58 Å². The molecule has 5 atom stereocenters. The molecule has 1 aromatic heterocycles. The van der Waals surface area contributed by atoms with Gasteiger partial charge in [-0.2, -0.15) is 0 Å². The Morgan fingerprint density at radius 1 is 1.04 bits per heavy atom. The van der Waals surface area contributed by atoms with E-state index in [0.29, 0.717) is 30.0 Å². The lowest BCUT2D eigenvalue weighted by Crippen LogP contribution is -2.55. The molecule has 0 bridgehead atoms. The van der Waals surface area contributed by atoms with Crippen molar-refractivity contribution in [3.8, 4) is 22.8 Å². The fraction of sp³-hybridized carbons (Fsp3) is 0.575. The van der Waals surface area contributed by atoms with Crippen LogP contribution in [0.15, 0.2) is 55.3 Å². The molecule has 0 spiro atoms. The predicted octanol–water partition coefficient (Wildman–Crippen LogP) is 4.85. The summed E-state index contributed by atoms with van der Waals surface area (Å²) in [4.78, 5) is 61.6. The molecule has 3 aliphatic carbocycles. The Morgan fingerprint density at radius 2 is 1.74 bits per heavy atom. The molecule has 2 amide bonds. The molecule has 0 radical (unpaired) electrons. The van der Waals surface area contributed by atoms with E-state index in [1.165, 1.54) is 4.90 Å². The van der Waals surface area contributed by atoms with Crippen LogP contribution in [0, 0.1) is 17.3 Å². The van der Waals surface area contributed by atoms with Crippen molar-refractivity contribution in [2.24, 2.45) is 17.3 Å². The highest BCUT2D eigenvalue weighted by molar-refractivity contribution is 7.93. The van der Waals surface area contributed by atoms with Crippen LogP contribution in [0.1, 0.15) is 78.6 Å². The molecule has 2 heterocycles. The molecule has 1 aromatic carbocycles. The zero-order valence-corrected chi connectivity index (χ0v) is 31.9. The number of hydrogen-bond acceptors (Lipinski definition) is 10. The molecule has 13 heteroatoms. The summed E-state index contributed by atoms with van der Waals surface area (Å²) in [5.41, 5.74) is -0.580. The highest BCUT2D eigenvalue weighted by Gasteiger charge is 2.61. The topological polar surface area (TPSA) is 158 Å². The monoisotopic (exact) mass is 749 g/mol. The molecule has 12 nitrogen and oxygen atoms in total. The van der Waals surface area contributed by atoms with Gasteiger partial charge < -0.3 is 24.4 Å². The predicted molar refractivity (Wildman–Crippen MR) is 198 cm³/mol. The van der Waals surface area contributed by atoms with Gasteiger partial charge >= 0.3 is 5.97 Å². The van der Waals surface area contributed by atoms with Crippen molar-refractivity contribution in [3.05, 3.63) is 55.3 Å². The van der Waals surface area contributed by atoms with E-state index < -0.39 is 79.3 Å². The molecular formula is C40H51N3O9S. The highest BCUT2D eigenvalue weighted by atomic mass is 32.2. The van der Waals surface area contributed by atoms with Crippen LogP contribution in [0.4, 0.5) is 0 Å². The summed E-state index contributed by atoms with van der Waals surface area (Å²) in [6.07, 6.45) is 7.23. The molecule has 1 saturated heterocycles. The Balaban J connectivity index is 1.25. The van der Waals surface area contributed by atoms with E-state index in [0.717, 1.165) is 31.2 Å². The molecule has 286 valence electrons. The highest BCUT2D eigenvalue weighted by Crippen LogP contribution is 2.46. The molecule has 4 fully saturated rings. The number of ketones is 1. The number of methoxy groups -OCH3 is 1. The molecule has 3 saturated carbocycles. The minimum atomic E-state index is -3.63. The lowest BCUT2D eigenvalue weighted by Gasteiger charge is -2.35. The lowest BCUT2D eigenvalue weighted by atomic mass is 9.77. The number of rotatable bonds is 15. The average Bonchev–Trinajstić information content (AvgIpc) is 4.00. The Bertz CT molecular complexity index is 1830. The van der Waals surface area contributed by atoms with Gasteiger partial charge in [-0.05, 0) is 80.7 Å². The molecule has 1 N–H and O–H groups in total. The molecule has 4 aliphatic rings. The molecular weight excluding hydrogens is 699 g/mol. The van der Waals surface area contributed by atoms with E-state index >= 15 is 0 Å². The van der Waals surface area contributed by atoms with Gasteiger partial charge in [0.1, 0.15) is 41.0 Å². The van der Waals surface area contributed by atoms with Gasteiger partial charge in [-0.1, -0.05) is 26.8 Å². The summed E-state index contributed by atoms with van der Waals surface area (Å²) in [6, 6.07) is 9.86. The van der Waals surface area contributed by atoms with Crippen LogP contribution < -0.4 is 14.8 Å². The number of hydrogen-bond donors (Lipinski definition) is 1. The third kappa shape index (κ3) is 8.77. The molecule has 2 aromatic rings. The molecule has 1 aliphatic heterocycles. The van der Waals surface area contributed by atoms with Crippen molar-refractivity contribution >= 4 is 33.4 Å². The van der Waals surface area contributed by atoms with Crippen molar-refractivity contribution in [1.29, 1.82) is 0 Å². The van der Waals surface area contributed by atoms with Gasteiger partial charge in [0, 0.05) is 30.2 Å². The number of aromatic nitrogens is 1. The number of amides is 2. The van der Waals surface area contributed by atoms with Gasteiger partial charge in [0.15, 0.2) is 15.6 Å². The SMILES string of the molecule is C=C[C@@H]1C[C@]1(NC(=O)[C@@H]1C[C@@H](Oc2ccnc(-c3ccc(OC)cc3)c2)CN1C(=O)[C@@H](CC(=O)OC1CCCC1)C(C)(C)C)C(=O)CS(=O)(=O)C1CC1. The molecule has 53 heavy (non-hydrogen) atoms. The number of nitrogens with one attached hydrogen (secondary N) is 1. The summed E-state index contributed by atoms with van der Waals surface area (Å²) in [5, 5.41) is 2.36. The largest absolute Gasteiger partial charge is 0.497 e. The summed E-state index contributed by atoms with van der Waals surface area (Å²) < 4.78 is 43.0. The third-order valence-corrected chi connectivity index (χ3v) is 13.2. The van der Waals surface area contributed by atoms with E-state index in [9.17, 15) is 27.6 Å².